The summed E-state index contributed by atoms with van der Waals surface area (Å²) in [7, 11) is -3.96. The van der Waals surface area contributed by atoms with E-state index in [1.165, 1.54) is 34.8 Å². The smallest absolute Gasteiger partial charge is 0.290 e. The first-order valence-corrected chi connectivity index (χ1v) is 12.1. The van der Waals surface area contributed by atoms with E-state index in [0.29, 0.717) is 16.8 Å². The van der Waals surface area contributed by atoms with Crippen molar-refractivity contribution in [3.8, 4) is 16.9 Å². The van der Waals surface area contributed by atoms with Gasteiger partial charge in [0, 0.05) is 23.9 Å². The van der Waals surface area contributed by atoms with E-state index in [0.717, 1.165) is 22.4 Å². The molecule has 1 aliphatic rings. The molecule has 0 saturated heterocycles. The topological polar surface area (TPSA) is 88.1 Å². The fraction of sp³-hybridized carbons (Fsp3) is 0.167. The van der Waals surface area contributed by atoms with Crippen molar-refractivity contribution in [2.75, 3.05) is 10.8 Å². The highest BCUT2D eigenvalue weighted by Crippen LogP contribution is 2.36. The summed E-state index contributed by atoms with van der Waals surface area (Å²) in [6.07, 6.45) is -2.94. The Kier molecular flexibility index (Phi) is 5.32. The predicted octanol–water partition coefficient (Wildman–Crippen LogP) is 4.31. The maximum Gasteiger partial charge on any atom is 0.416 e. The summed E-state index contributed by atoms with van der Waals surface area (Å²) >= 11 is 0. The van der Waals surface area contributed by atoms with Crippen LogP contribution in [0, 0.1) is 6.92 Å². The number of H-pyrrole nitrogens is 1. The monoisotopic (exact) mass is 500 g/mol. The molecule has 0 fully saturated rings. The quantitative estimate of drug-likeness (QED) is 0.454. The number of fused-ring (bicyclic) bond motifs is 3. The molecule has 11 heteroatoms. The number of benzene rings is 2. The molecule has 7 nitrogen and oxygen atoms in total. The van der Waals surface area contributed by atoms with Crippen LogP contribution in [-0.4, -0.2) is 29.7 Å². The Hall–Kier alpha value is -3.86. The molecule has 0 bridgehead atoms. The molecular formula is C24H19F3N4O3S. The number of aromatic nitrogens is 3. The van der Waals surface area contributed by atoms with Crippen molar-refractivity contribution in [2.24, 2.45) is 0 Å². The summed E-state index contributed by atoms with van der Waals surface area (Å²) in [4.78, 5) is 17.7. The minimum Gasteiger partial charge on any atom is -0.290 e. The second-order valence-electron chi connectivity index (χ2n) is 8.17. The number of sulfonamides is 1. The molecule has 3 heterocycles. The molecule has 0 unspecified atom stereocenters. The van der Waals surface area contributed by atoms with Gasteiger partial charge >= 0.3 is 6.18 Å². The van der Waals surface area contributed by atoms with Crippen LogP contribution in [0.5, 0.6) is 0 Å². The summed E-state index contributed by atoms with van der Waals surface area (Å²) < 4.78 is 68.1. The molecule has 5 rings (SSSR count). The zero-order valence-corrected chi connectivity index (χ0v) is 19.2. The van der Waals surface area contributed by atoms with Crippen LogP contribution in [-0.2, 0) is 22.6 Å². The van der Waals surface area contributed by atoms with E-state index >= 15 is 0 Å². The zero-order chi connectivity index (χ0) is 25.0. The molecule has 0 amide bonds. The number of pyridine rings is 1. The zero-order valence-electron chi connectivity index (χ0n) is 18.4. The van der Waals surface area contributed by atoms with Crippen LogP contribution >= 0.6 is 0 Å². The normalized spacial score (nSPS) is 13.8. The van der Waals surface area contributed by atoms with E-state index in [-0.39, 0.29) is 29.4 Å². The lowest BCUT2D eigenvalue weighted by molar-refractivity contribution is -0.137. The van der Waals surface area contributed by atoms with Crippen molar-refractivity contribution in [2.45, 2.75) is 24.4 Å². The first kappa shape index (κ1) is 22.9. The average Bonchev–Trinajstić information content (AvgIpc) is 3.05. The summed E-state index contributed by atoms with van der Waals surface area (Å²) in [6.45, 7) is 1.82. The maximum absolute atomic E-state index is 13.5. The number of aryl methyl sites for hydroxylation is 1. The van der Waals surface area contributed by atoms with Crippen LogP contribution < -0.4 is 9.86 Å². The number of alkyl halides is 3. The van der Waals surface area contributed by atoms with Crippen LogP contribution in [0.15, 0.2) is 76.6 Å². The molecule has 0 saturated carbocycles. The van der Waals surface area contributed by atoms with E-state index in [2.05, 4.69) is 10.1 Å². The second-order valence-corrected chi connectivity index (χ2v) is 10.0. The van der Waals surface area contributed by atoms with Gasteiger partial charge < -0.3 is 0 Å². The van der Waals surface area contributed by atoms with Gasteiger partial charge in [0.05, 0.1) is 21.8 Å². The van der Waals surface area contributed by atoms with Crippen LogP contribution in [0.1, 0.15) is 16.7 Å². The van der Waals surface area contributed by atoms with Crippen molar-refractivity contribution in [3.05, 3.63) is 93.9 Å². The third-order valence-electron chi connectivity index (χ3n) is 5.91. The number of hydrogen-bond acceptors (Lipinski definition) is 4. The minimum atomic E-state index is -4.49. The van der Waals surface area contributed by atoms with Gasteiger partial charge in [0.1, 0.15) is 0 Å². The number of halogens is 3. The second kappa shape index (κ2) is 8.12. The van der Waals surface area contributed by atoms with E-state index in [4.69, 9.17) is 0 Å². The molecular weight excluding hydrogens is 481 g/mol. The molecule has 2 aromatic heterocycles. The van der Waals surface area contributed by atoms with Crippen LogP contribution in [0.3, 0.4) is 0 Å². The molecule has 4 aromatic rings. The van der Waals surface area contributed by atoms with Crippen molar-refractivity contribution >= 4 is 15.8 Å². The van der Waals surface area contributed by atoms with E-state index in [1.807, 2.05) is 6.92 Å². The molecule has 2 aromatic carbocycles. The van der Waals surface area contributed by atoms with Crippen molar-refractivity contribution in [1.82, 2.24) is 14.8 Å². The summed E-state index contributed by atoms with van der Waals surface area (Å²) in [5, 5.41) is 2.95. The number of rotatable bonds is 3. The van der Waals surface area contributed by atoms with Gasteiger partial charge in [-0.3, -0.25) is 9.89 Å². The fourth-order valence-electron chi connectivity index (χ4n) is 4.09. The number of aromatic amines is 1. The van der Waals surface area contributed by atoms with Crippen LogP contribution in [0.2, 0.25) is 0 Å². The van der Waals surface area contributed by atoms with Crippen LogP contribution in [0.4, 0.5) is 19.0 Å². The van der Waals surface area contributed by atoms with Gasteiger partial charge in [-0.15, -0.1) is 0 Å². The lowest BCUT2D eigenvalue weighted by Crippen LogP contribution is -2.34. The highest BCUT2D eigenvalue weighted by molar-refractivity contribution is 7.92. The van der Waals surface area contributed by atoms with Gasteiger partial charge in [0.2, 0.25) is 0 Å². The largest absolute Gasteiger partial charge is 0.416 e. The van der Waals surface area contributed by atoms with Gasteiger partial charge in [-0.1, -0.05) is 17.7 Å². The summed E-state index contributed by atoms with van der Waals surface area (Å²) in [6, 6.07) is 13.9. The number of nitrogens with one attached hydrogen (secondary N) is 1. The Bertz CT molecular complexity index is 1570. The lowest BCUT2D eigenvalue weighted by Gasteiger charge is -2.23. The fourth-order valence-corrected chi connectivity index (χ4v) is 5.53. The highest BCUT2D eigenvalue weighted by atomic mass is 32.2. The van der Waals surface area contributed by atoms with E-state index < -0.39 is 27.3 Å². The Balaban J connectivity index is 1.61. The molecule has 0 radical (unpaired) electrons. The first-order valence-electron chi connectivity index (χ1n) is 10.6. The van der Waals surface area contributed by atoms with E-state index in [1.54, 1.807) is 24.3 Å². The van der Waals surface area contributed by atoms with Crippen molar-refractivity contribution in [1.29, 1.82) is 0 Å². The molecule has 0 aliphatic carbocycles. The third-order valence-corrected chi connectivity index (χ3v) is 7.71. The third kappa shape index (κ3) is 3.91. The molecule has 35 heavy (non-hydrogen) atoms. The first-order chi connectivity index (χ1) is 16.6. The van der Waals surface area contributed by atoms with Gasteiger partial charge in [-0.2, -0.15) is 13.2 Å². The SMILES string of the molecule is Cc1ccc(S(=O)(=O)N2CCc3c([nH]n(-c4ccc(C(F)(F)F)cc4)c3=O)-c3cccnc32)cc1. The Labute approximate surface area is 198 Å². The van der Waals surface area contributed by atoms with Crippen molar-refractivity contribution in [3.63, 3.8) is 0 Å². The summed E-state index contributed by atoms with van der Waals surface area (Å²) in [5.74, 6) is 0.160. The Morgan fingerprint density at radius 3 is 2.34 bits per heavy atom. The molecule has 0 atom stereocenters. The average molecular weight is 501 g/mol. The minimum absolute atomic E-state index is 0.0344. The summed E-state index contributed by atoms with van der Waals surface area (Å²) in [5.41, 5.74) is 0.944. The maximum atomic E-state index is 13.5. The van der Waals surface area contributed by atoms with Crippen LogP contribution in [0.25, 0.3) is 16.9 Å². The molecule has 1 aliphatic heterocycles. The van der Waals surface area contributed by atoms with Gasteiger partial charge in [-0.25, -0.2) is 22.4 Å². The molecule has 1 N–H and O–H groups in total. The van der Waals surface area contributed by atoms with Gasteiger partial charge in [0.15, 0.2) is 5.82 Å². The van der Waals surface area contributed by atoms with Crippen molar-refractivity contribution < 1.29 is 21.6 Å². The standard InChI is InChI=1S/C24H19F3N4O3S/c1-15-4-10-18(11-5-15)35(33,34)30-14-12-20-21(19-3-2-13-28-22(19)30)29-31(23(20)32)17-8-6-16(7-9-17)24(25,26)27/h2-11,13,29H,12,14H2,1H3. The number of nitrogens with zero attached hydrogens (tertiary/aromatic N) is 3. The van der Waals surface area contributed by atoms with E-state index in [9.17, 15) is 26.4 Å². The highest BCUT2D eigenvalue weighted by Gasteiger charge is 2.34. The Morgan fingerprint density at radius 2 is 1.69 bits per heavy atom. The Morgan fingerprint density at radius 1 is 1.00 bits per heavy atom. The predicted molar refractivity (Wildman–Crippen MR) is 124 cm³/mol. The number of hydrogen-bond donors (Lipinski definition) is 1. The number of anilines is 1. The lowest BCUT2D eigenvalue weighted by atomic mass is 10.1. The van der Waals surface area contributed by atoms with Gasteiger partial charge in [0.25, 0.3) is 15.6 Å². The molecule has 180 valence electrons. The molecule has 0 spiro atoms. The van der Waals surface area contributed by atoms with Gasteiger partial charge in [-0.05, 0) is 61.9 Å².